The smallest absolute Gasteiger partial charge is 0.410 e. The van der Waals surface area contributed by atoms with E-state index in [1.54, 1.807) is 20.8 Å². The van der Waals surface area contributed by atoms with Crippen LogP contribution in [-0.2, 0) is 28.5 Å². The molecule has 8 nitrogen and oxygen atoms in total. The molecular formula is C13H25NO7S. The highest BCUT2D eigenvalue weighted by Gasteiger charge is 2.40. The van der Waals surface area contributed by atoms with E-state index < -0.39 is 27.9 Å². The minimum Gasteiger partial charge on any atom is -0.444 e. The van der Waals surface area contributed by atoms with Crippen LogP contribution in [0.3, 0.4) is 0 Å². The van der Waals surface area contributed by atoms with Gasteiger partial charge in [-0.05, 0) is 27.2 Å². The summed E-state index contributed by atoms with van der Waals surface area (Å²) in [6, 6.07) is -0.542. The van der Waals surface area contributed by atoms with Gasteiger partial charge in [0.1, 0.15) is 12.4 Å². The Morgan fingerprint density at radius 3 is 2.45 bits per heavy atom. The number of rotatable bonds is 6. The predicted molar refractivity (Wildman–Crippen MR) is 78.9 cm³/mol. The summed E-state index contributed by atoms with van der Waals surface area (Å²) < 4.78 is 42.9. The number of hydrogen-bond donors (Lipinski definition) is 0. The van der Waals surface area contributed by atoms with Crippen molar-refractivity contribution >= 4 is 16.2 Å². The molecule has 0 aromatic heterocycles. The van der Waals surface area contributed by atoms with Gasteiger partial charge < -0.3 is 19.1 Å². The first-order valence-corrected chi connectivity index (χ1v) is 8.79. The largest absolute Gasteiger partial charge is 0.444 e. The van der Waals surface area contributed by atoms with Crippen molar-refractivity contribution < 1.29 is 31.6 Å². The van der Waals surface area contributed by atoms with E-state index in [0.29, 0.717) is 13.0 Å². The number of carbonyl (C=O) groups excluding carboxylic acids is 1. The van der Waals surface area contributed by atoms with Gasteiger partial charge in [0.25, 0.3) is 10.1 Å². The van der Waals surface area contributed by atoms with Crippen molar-refractivity contribution in [2.75, 3.05) is 33.3 Å². The fourth-order valence-corrected chi connectivity index (χ4v) is 2.50. The minimum absolute atomic E-state index is 0.0577. The Labute approximate surface area is 131 Å². The van der Waals surface area contributed by atoms with Crippen molar-refractivity contribution in [3.63, 3.8) is 0 Å². The van der Waals surface area contributed by atoms with E-state index in [9.17, 15) is 13.2 Å². The van der Waals surface area contributed by atoms with Crippen LogP contribution in [0.5, 0.6) is 0 Å². The van der Waals surface area contributed by atoms with Crippen molar-refractivity contribution in [3.05, 3.63) is 0 Å². The lowest BCUT2D eigenvalue weighted by molar-refractivity contribution is -0.0855. The molecule has 1 fully saturated rings. The minimum atomic E-state index is -3.61. The van der Waals surface area contributed by atoms with E-state index >= 15 is 0 Å². The van der Waals surface area contributed by atoms with Crippen molar-refractivity contribution in [1.29, 1.82) is 0 Å². The first kappa shape index (κ1) is 19.1. The fourth-order valence-electron chi connectivity index (χ4n) is 2.11. The van der Waals surface area contributed by atoms with Crippen molar-refractivity contribution in [2.45, 2.75) is 44.9 Å². The molecule has 0 aromatic carbocycles. The van der Waals surface area contributed by atoms with E-state index in [4.69, 9.17) is 18.4 Å². The second-order valence-electron chi connectivity index (χ2n) is 6.13. The summed E-state index contributed by atoms with van der Waals surface area (Å²) in [5.74, 6) is 0. The van der Waals surface area contributed by atoms with Gasteiger partial charge in [-0.15, -0.1) is 0 Å². The highest BCUT2D eigenvalue weighted by atomic mass is 32.2. The van der Waals surface area contributed by atoms with Crippen LogP contribution in [-0.4, -0.2) is 70.5 Å². The van der Waals surface area contributed by atoms with Gasteiger partial charge in [0.05, 0.1) is 25.0 Å². The first-order chi connectivity index (χ1) is 10.0. The third-order valence-electron chi connectivity index (χ3n) is 2.96. The highest BCUT2D eigenvalue weighted by Crippen LogP contribution is 2.24. The van der Waals surface area contributed by atoms with Gasteiger partial charge in [-0.1, -0.05) is 0 Å². The molecule has 130 valence electrons. The summed E-state index contributed by atoms with van der Waals surface area (Å²) in [6.45, 7) is 5.58. The molecule has 1 saturated heterocycles. The number of methoxy groups -OCH3 is 1. The Hall–Kier alpha value is -0.900. The van der Waals surface area contributed by atoms with Gasteiger partial charge in [-0.3, -0.25) is 4.18 Å². The number of nitrogens with zero attached hydrogens (tertiary/aromatic N) is 1. The molecule has 0 radical (unpaired) electrons. The molecule has 0 spiro atoms. The van der Waals surface area contributed by atoms with Crippen LogP contribution in [0.25, 0.3) is 0 Å². The molecule has 0 unspecified atom stereocenters. The van der Waals surface area contributed by atoms with Crippen molar-refractivity contribution in [2.24, 2.45) is 0 Å². The first-order valence-electron chi connectivity index (χ1n) is 6.98. The molecule has 1 heterocycles. The van der Waals surface area contributed by atoms with E-state index in [1.165, 1.54) is 12.0 Å². The van der Waals surface area contributed by atoms with Crippen molar-refractivity contribution in [1.82, 2.24) is 4.90 Å². The van der Waals surface area contributed by atoms with Crippen LogP contribution >= 0.6 is 0 Å². The second-order valence-corrected chi connectivity index (χ2v) is 7.77. The molecule has 0 saturated carbocycles. The number of carbonyl (C=O) groups is 1. The Balaban J connectivity index is 2.78. The number of likely N-dealkylation sites (tertiary alicyclic amines) is 1. The number of ether oxygens (including phenoxy) is 3. The van der Waals surface area contributed by atoms with E-state index in [0.717, 1.165) is 6.26 Å². The molecule has 2 atom stereocenters. The molecule has 1 aliphatic rings. The lowest BCUT2D eigenvalue weighted by Gasteiger charge is -2.30. The number of hydrogen-bond acceptors (Lipinski definition) is 7. The lowest BCUT2D eigenvalue weighted by Crippen LogP contribution is -2.46. The van der Waals surface area contributed by atoms with Gasteiger partial charge in [-0.2, -0.15) is 8.42 Å². The molecule has 0 N–H and O–H groups in total. The Kier molecular flexibility index (Phi) is 6.60. The fraction of sp³-hybridized carbons (Fsp3) is 0.923. The Morgan fingerprint density at radius 1 is 1.32 bits per heavy atom. The molecule has 0 bridgehead atoms. The normalized spacial score (nSPS) is 22.9. The van der Waals surface area contributed by atoms with Gasteiger partial charge >= 0.3 is 6.09 Å². The molecular weight excluding hydrogens is 314 g/mol. The van der Waals surface area contributed by atoms with E-state index in [2.05, 4.69) is 0 Å². The molecule has 0 aliphatic carbocycles. The standard InChI is InChI=1S/C13H25NO7S/c1-13(2,3)21-12(15)14-7-6-11(19-9-18-4)10(14)8-20-22(5,16)17/h10-11H,6-9H2,1-5H3/t10-,11-/m0/s1. The molecule has 1 aliphatic heterocycles. The summed E-state index contributed by atoms with van der Waals surface area (Å²) in [6.07, 6.45) is 0.637. The summed E-state index contributed by atoms with van der Waals surface area (Å²) >= 11 is 0. The maximum atomic E-state index is 12.2. The topological polar surface area (TPSA) is 91.4 Å². The Morgan fingerprint density at radius 2 is 1.95 bits per heavy atom. The molecule has 1 rings (SSSR count). The molecule has 22 heavy (non-hydrogen) atoms. The average molecular weight is 339 g/mol. The van der Waals surface area contributed by atoms with Crippen LogP contribution in [0.15, 0.2) is 0 Å². The van der Waals surface area contributed by atoms with E-state index in [-0.39, 0.29) is 19.5 Å². The van der Waals surface area contributed by atoms with Crippen LogP contribution in [0.1, 0.15) is 27.2 Å². The van der Waals surface area contributed by atoms with Crippen LogP contribution in [0, 0.1) is 0 Å². The Bertz CT molecular complexity index is 471. The van der Waals surface area contributed by atoms with Crippen molar-refractivity contribution in [3.8, 4) is 0 Å². The second kappa shape index (κ2) is 7.58. The molecule has 9 heteroatoms. The summed E-state index contributed by atoms with van der Waals surface area (Å²) in [4.78, 5) is 13.7. The van der Waals surface area contributed by atoms with Gasteiger partial charge in [0.2, 0.25) is 0 Å². The zero-order chi connectivity index (χ0) is 17.0. The van der Waals surface area contributed by atoms with Crippen LogP contribution in [0.2, 0.25) is 0 Å². The highest BCUT2D eigenvalue weighted by molar-refractivity contribution is 7.85. The van der Waals surface area contributed by atoms with Gasteiger partial charge in [0, 0.05) is 13.7 Å². The SMILES string of the molecule is COCO[C@H]1CCN(C(=O)OC(C)(C)C)[C@H]1COS(C)(=O)=O. The third kappa shape index (κ3) is 6.47. The van der Waals surface area contributed by atoms with Gasteiger partial charge in [0.15, 0.2) is 0 Å². The summed E-state index contributed by atoms with van der Waals surface area (Å²) in [5.41, 5.74) is -0.634. The predicted octanol–water partition coefficient (Wildman–Crippen LogP) is 0.961. The average Bonchev–Trinajstić information content (AvgIpc) is 2.73. The third-order valence-corrected chi connectivity index (χ3v) is 3.53. The lowest BCUT2D eigenvalue weighted by atomic mass is 10.2. The number of amides is 1. The zero-order valence-electron chi connectivity index (χ0n) is 13.7. The van der Waals surface area contributed by atoms with Crippen LogP contribution < -0.4 is 0 Å². The zero-order valence-corrected chi connectivity index (χ0v) is 14.5. The maximum Gasteiger partial charge on any atom is 0.410 e. The van der Waals surface area contributed by atoms with Gasteiger partial charge in [-0.25, -0.2) is 4.79 Å². The monoisotopic (exact) mass is 339 g/mol. The van der Waals surface area contributed by atoms with E-state index in [1.807, 2.05) is 0 Å². The summed E-state index contributed by atoms with van der Waals surface area (Å²) in [7, 11) is -2.12. The maximum absolute atomic E-state index is 12.2. The molecule has 1 amide bonds. The molecule has 0 aromatic rings. The summed E-state index contributed by atoms with van der Waals surface area (Å²) in [5, 5.41) is 0. The van der Waals surface area contributed by atoms with Crippen LogP contribution in [0.4, 0.5) is 4.79 Å². The quantitative estimate of drug-likeness (QED) is 0.526.